The Morgan fingerprint density at radius 1 is 1.08 bits per heavy atom. The maximum atomic E-state index is 12.6. The van der Waals surface area contributed by atoms with Crippen LogP contribution in [-0.2, 0) is 9.59 Å². The normalized spacial score (nSPS) is 13.1. The number of halogens is 2. The Morgan fingerprint density at radius 3 is 2.33 bits per heavy atom. The van der Waals surface area contributed by atoms with Crippen LogP contribution in [0.1, 0.15) is 24.8 Å². The molecular formula is C18H17Cl2NO3. The molecule has 2 aromatic carbocycles. The molecule has 24 heavy (non-hydrogen) atoms. The second kappa shape index (κ2) is 8.18. The van der Waals surface area contributed by atoms with Gasteiger partial charge in [-0.15, -0.1) is 0 Å². The van der Waals surface area contributed by atoms with Gasteiger partial charge in [0.25, 0.3) is 0 Å². The Kier molecular flexibility index (Phi) is 6.23. The van der Waals surface area contributed by atoms with E-state index in [4.69, 9.17) is 28.3 Å². The van der Waals surface area contributed by atoms with Crippen LogP contribution < -0.4 is 5.32 Å². The highest BCUT2D eigenvalue weighted by atomic mass is 35.5. The van der Waals surface area contributed by atoms with Crippen molar-refractivity contribution in [2.75, 3.05) is 5.32 Å². The average Bonchev–Trinajstić information content (AvgIpc) is 2.56. The van der Waals surface area contributed by atoms with Gasteiger partial charge in [0.05, 0.1) is 22.4 Å². The topological polar surface area (TPSA) is 66.4 Å². The van der Waals surface area contributed by atoms with Crippen LogP contribution >= 0.6 is 23.2 Å². The van der Waals surface area contributed by atoms with Gasteiger partial charge in [0, 0.05) is 5.69 Å². The molecule has 0 aliphatic carbocycles. The van der Waals surface area contributed by atoms with Crippen LogP contribution in [0.3, 0.4) is 0 Å². The molecule has 0 aliphatic heterocycles. The Morgan fingerprint density at radius 2 is 1.75 bits per heavy atom. The number of carboxylic acids is 1. The highest BCUT2D eigenvalue weighted by molar-refractivity contribution is 6.42. The molecule has 0 aliphatic rings. The number of carboxylic acid groups (broad SMARTS) is 1. The molecule has 6 heteroatoms. The Bertz CT molecular complexity index is 734. The van der Waals surface area contributed by atoms with Crippen molar-refractivity contribution in [1.29, 1.82) is 0 Å². The van der Waals surface area contributed by atoms with Crippen molar-refractivity contribution in [3.05, 3.63) is 64.1 Å². The molecule has 2 rings (SSSR count). The fourth-order valence-electron chi connectivity index (χ4n) is 2.48. The van der Waals surface area contributed by atoms with Crippen LogP contribution in [0.15, 0.2) is 48.5 Å². The first-order chi connectivity index (χ1) is 11.4. The standard InChI is InChI=1S/C18H17Cl2NO3/c1-11(12-5-3-2-4-6-12)14(10-17(22)23)18(24)21-13-7-8-15(19)16(20)9-13/h2-9,11,14H,10H2,1H3,(H,21,24)(H,22,23)/t11-,14+/m0/s1. The Balaban J connectivity index is 2.21. The highest BCUT2D eigenvalue weighted by Crippen LogP contribution is 2.29. The van der Waals surface area contributed by atoms with E-state index in [1.54, 1.807) is 12.1 Å². The van der Waals surface area contributed by atoms with E-state index in [1.807, 2.05) is 37.3 Å². The third kappa shape index (κ3) is 4.73. The zero-order valence-corrected chi connectivity index (χ0v) is 14.5. The summed E-state index contributed by atoms with van der Waals surface area (Å²) in [6, 6.07) is 14.1. The van der Waals surface area contributed by atoms with Gasteiger partial charge < -0.3 is 10.4 Å². The smallest absolute Gasteiger partial charge is 0.304 e. The number of anilines is 1. The van der Waals surface area contributed by atoms with Crippen molar-refractivity contribution < 1.29 is 14.7 Å². The maximum Gasteiger partial charge on any atom is 0.304 e. The third-order valence-electron chi connectivity index (χ3n) is 3.85. The van der Waals surface area contributed by atoms with Crippen molar-refractivity contribution in [3.8, 4) is 0 Å². The first-order valence-electron chi connectivity index (χ1n) is 7.41. The molecule has 0 unspecified atom stereocenters. The minimum atomic E-state index is -1.02. The molecule has 0 fully saturated rings. The lowest BCUT2D eigenvalue weighted by Crippen LogP contribution is -2.29. The van der Waals surface area contributed by atoms with E-state index in [1.165, 1.54) is 6.07 Å². The molecule has 2 N–H and O–H groups in total. The summed E-state index contributed by atoms with van der Waals surface area (Å²) >= 11 is 11.8. The van der Waals surface area contributed by atoms with Gasteiger partial charge in [-0.05, 0) is 29.7 Å². The van der Waals surface area contributed by atoms with Gasteiger partial charge in [-0.3, -0.25) is 9.59 Å². The molecule has 0 saturated heterocycles. The van der Waals surface area contributed by atoms with E-state index in [0.717, 1.165) is 5.56 Å². The van der Waals surface area contributed by atoms with Crippen LogP contribution in [0.4, 0.5) is 5.69 Å². The van der Waals surface area contributed by atoms with E-state index < -0.39 is 11.9 Å². The number of benzene rings is 2. The summed E-state index contributed by atoms with van der Waals surface area (Å²) in [5.41, 5.74) is 1.39. The third-order valence-corrected chi connectivity index (χ3v) is 4.59. The van der Waals surface area contributed by atoms with Crippen LogP contribution in [0.2, 0.25) is 10.0 Å². The second-order valence-electron chi connectivity index (χ2n) is 5.52. The van der Waals surface area contributed by atoms with Crippen molar-refractivity contribution in [3.63, 3.8) is 0 Å². The van der Waals surface area contributed by atoms with Gasteiger partial charge in [0.15, 0.2) is 0 Å². The minimum Gasteiger partial charge on any atom is -0.481 e. The molecule has 0 radical (unpaired) electrons. The fraction of sp³-hybridized carbons (Fsp3) is 0.222. The number of nitrogens with one attached hydrogen (secondary N) is 1. The summed E-state index contributed by atoms with van der Waals surface area (Å²) in [6.07, 6.45) is -0.261. The molecule has 126 valence electrons. The number of aliphatic carboxylic acids is 1. The highest BCUT2D eigenvalue weighted by Gasteiger charge is 2.28. The molecule has 4 nitrogen and oxygen atoms in total. The van der Waals surface area contributed by atoms with Crippen LogP contribution in [-0.4, -0.2) is 17.0 Å². The summed E-state index contributed by atoms with van der Waals surface area (Å²) < 4.78 is 0. The number of hydrogen-bond acceptors (Lipinski definition) is 2. The summed E-state index contributed by atoms with van der Waals surface area (Å²) in [7, 11) is 0. The van der Waals surface area contributed by atoms with E-state index in [9.17, 15) is 9.59 Å². The van der Waals surface area contributed by atoms with Gasteiger partial charge in [0.2, 0.25) is 5.91 Å². The van der Waals surface area contributed by atoms with E-state index >= 15 is 0 Å². The minimum absolute atomic E-state index is 0.245. The molecule has 0 bridgehead atoms. The second-order valence-corrected chi connectivity index (χ2v) is 6.34. The number of carbonyl (C=O) groups excluding carboxylic acids is 1. The Hall–Kier alpha value is -2.04. The summed E-state index contributed by atoms with van der Waals surface area (Å²) in [4.78, 5) is 23.8. The van der Waals surface area contributed by atoms with Gasteiger partial charge in [-0.25, -0.2) is 0 Å². The zero-order chi connectivity index (χ0) is 17.7. The zero-order valence-electron chi connectivity index (χ0n) is 13.0. The quantitative estimate of drug-likeness (QED) is 0.770. The monoisotopic (exact) mass is 365 g/mol. The predicted octanol–water partition coefficient (Wildman–Crippen LogP) is 4.83. The molecule has 1 amide bonds. The van der Waals surface area contributed by atoms with E-state index in [0.29, 0.717) is 15.7 Å². The molecular weight excluding hydrogens is 349 g/mol. The Labute approximate surface area is 150 Å². The van der Waals surface area contributed by atoms with Gasteiger partial charge >= 0.3 is 5.97 Å². The number of amides is 1. The van der Waals surface area contributed by atoms with Crippen molar-refractivity contribution in [1.82, 2.24) is 0 Å². The van der Waals surface area contributed by atoms with Crippen molar-refractivity contribution in [2.45, 2.75) is 19.3 Å². The van der Waals surface area contributed by atoms with E-state index in [-0.39, 0.29) is 18.2 Å². The summed E-state index contributed by atoms with van der Waals surface area (Å²) in [5, 5.41) is 12.6. The number of hydrogen-bond donors (Lipinski definition) is 2. The van der Waals surface area contributed by atoms with Crippen LogP contribution in [0.5, 0.6) is 0 Å². The number of carbonyl (C=O) groups is 2. The molecule has 0 heterocycles. The molecule has 0 spiro atoms. The van der Waals surface area contributed by atoms with Crippen LogP contribution in [0, 0.1) is 5.92 Å². The average molecular weight is 366 g/mol. The molecule has 0 saturated carbocycles. The lowest BCUT2D eigenvalue weighted by atomic mass is 9.84. The largest absolute Gasteiger partial charge is 0.481 e. The SMILES string of the molecule is C[C@@H](c1ccccc1)[C@@H](CC(=O)O)C(=O)Nc1ccc(Cl)c(Cl)c1. The van der Waals surface area contributed by atoms with Gasteiger partial charge in [-0.2, -0.15) is 0 Å². The maximum absolute atomic E-state index is 12.6. The molecule has 2 atom stereocenters. The number of rotatable bonds is 6. The predicted molar refractivity (Wildman–Crippen MR) is 95.7 cm³/mol. The summed E-state index contributed by atoms with van der Waals surface area (Å²) in [5.74, 6) is -2.34. The molecule has 0 aromatic heterocycles. The first kappa shape index (κ1) is 18.3. The molecule has 2 aromatic rings. The lowest BCUT2D eigenvalue weighted by Gasteiger charge is -2.22. The van der Waals surface area contributed by atoms with Crippen molar-refractivity contribution in [2.24, 2.45) is 5.92 Å². The fourth-order valence-corrected chi connectivity index (χ4v) is 2.78. The van der Waals surface area contributed by atoms with Crippen molar-refractivity contribution >= 4 is 40.8 Å². The van der Waals surface area contributed by atoms with Crippen LogP contribution in [0.25, 0.3) is 0 Å². The van der Waals surface area contributed by atoms with E-state index in [2.05, 4.69) is 5.32 Å². The lowest BCUT2D eigenvalue weighted by molar-refractivity contribution is -0.140. The first-order valence-corrected chi connectivity index (χ1v) is 8.16. The summed E-state index contributed by atoms with van der Waals surface area (Å²) in [6.45, 7) is 1.84. The van der Waals surface area contributed by atoms with Gasteiger partial charge in [0.1, 0.15) is 0 Å². The van der Waals surface area contributed by atoms with Gasteiger partial charge in [-0.1, -0.05) is 60.5 Å².